The first-order valence-electron chi connectivity index (χ1n) is 11.8. The van der Waals surface area contributed by atoms with Gasteiger partial charge in [0, 0.05) is 11.7 Å². The molecule has 7 nitrogen and oxygen atoms in total. The van der Waals surface area contributed by atoms with Crippen LogP contribution in [-0.4, -0.2) is 57.8 Å². The number of thioether (sulfide) groups is 1. The van der Waals surface area contributed by atoms with Crippen molar-refractivity contribution < 1.29 is 24.2 Å². The van der Waals surface area contributed by atoms with Crippen molar-refractivity contribution in [1.82, 2.24) is 10.2 Å². The third-order valence-electron chi connectivity index (χ3n) is 6.94. The Bertz CT molecular complexity index is 1070. The highest BCUT2D eigenvalue weighted by Crippen LogP contribution is 2.46. The van der Waals surface area contributed by atoms with E-state index in [2.05, 4.69) is 29.6 Å². The smallest absolute Gasteiger partial charge is 0.407 e. The van der Waals surface area contributed by atoms with Crippen LogP contribution >= 0.6 is 11.8 Å². The number of aliphatic carboxylic acids is 1. The van der Waals surface area contributed by atoms with Gasteiger partial charge in [0.15, 0.2) is 0 Å². The summed E-state index contributed by atoms with van der Waals surface area (Å²) in [7, 11) is 0. The van der Waals surface area contributed by atoms with Crippen LogP contribution in [0.5, 0.6) is 0 Å². The highest BCUT2D eigenvalue weighted by atomic mass is 32.2. The molecule has 0 aromatic heterocycles. The van der Waals surface area contributed by atoms with Gasteiger partial charge in [0.25, 0.3) is 0 Å². The van der Waals surface area contributed by atoms with E-state index < -0.39 is 24.1 Å². The number of nitrogens with one attached hydrogen (secondary N) is 1. The number of carbonyl (C=O) groups is 3. The molecule has 1 saturated carbocycles. The lowest BCUT2D eigenvalue weighted by Crippen LogP contribution is -2.54. The number of ether oxygens (including phenoxy) is 1. The maximum absolute atomic E-state index is 13.3. The standard InChI is InChI=1S/C26H28N2O5S/c1-2-21(23(29)28-22(25(30)31)14-34-24(28)15-11-12-15)27-26(32)33-13-20-18-9-5-3-7-16(18)17-8-4-6-10-19(17)20/h3-10,15,20-22,24H,2,11-14H2,1H3,(H,27,32)(H,30,31)/t21-,22?,24?/m0/s1. The average Bonchev–Trinajstić information content (AvgIpc) is 3.51. The number of carboxylic acids is 1. The molecule has 1 saturated heterocycles. The molecule has 2 N–H and O–H groups in total. The number of carboxylic acid groups (broad SMARTS) is 1. The van der Waals surface area contributed by atoms with Gasteiger partial charge in [-0.2, -0.15) is 0 Å². The maximum atomic E-state index is 13.3. The molecule has 0 radical (unpaired) electrons. The second-order valence-electron chi connectivity index (χ2n) is 9.09. The van der Waals surface area contributed by atoms with E-state index in [4.69, 9.17) is 4.74 Å². The molecule has 2 amide bonds. The number of carbonyl (C=O) groups excluding carboxylic acids is 2. The Kier molecular flexibility index (Phi) is 6.25. The number of hydrogen-bond acceptors (Lipinski definition) is 5. The highest BCUT2D eigenvalue weighted by molar-refractivity contribution is 8.00. The zero-order valence-corrected chi connectivity index (χ0v) is 19.8. The van der Waals surface area contributed by atoms with Crippen molar-refractivity contribution in [3.05, 3.63) is 59.7 Å². The van der Waals surface area contributed by atoms with Gasteiger partial charge in [0.05, 0.1) is 5.37 Å². The fraction of sp³-hybridized carbons (Fsp3) is 0.423. The fourth-order valence-electron chi connectivity index (χ4n) is 5.04. The van der Waals surface area contributed by atoms with Crippen LogP contribution in [0.4, 0.5) is 4.79 Å². The van der Waals surface area contributed by atoms with Crippen molar-refractivity contribution >= 4 is 29.7 Å². The summed E-state index contributed by atoms with van der Waals surface area (Å²) < 4.78 is 5.60. The number of rotatable bonds is 7. The summed E-state index contributed by atoms with van der Waals surface area (Å²) in [6.45, 7) is 1.96. The van der Waals surface area contributed by atoms with Crippen LogP contribution in [0.3, 0.4) is 0 Å². The molecule has 8 heteroatoms. The largest absolute Gasteiger partial charge is 0.480 e. The minimum Gasteiger partial charge on any atom is -0.480 e. The Hall–Kier alpha value is -3.00. The summed E-state index contributed by atoms with van der Waals surface area (Å²) in [4.78, 5) is 39.3. The van der Waals surface area contributed by atoms with Crippen molar-refractivity contribution in [3.63, 3.8) is 0 Å². The van der Waals surface area contributed by atoms with Gasteiger partial charge < -0.3 is 20.1 Å². The first-order valence-corrected chi connectivity index (χ1v) is 12.8. The van der Waals surface area contributed by atoms with Gasteiger partial charge in [-0.25, -0.2) is 9.59 Å². The third kappa shape index (κ3) is 4.15. The number of alkyl carbamates (subject to hydrolysis) is 1. The lowest BCUT2D eigenvalue weighted by Gasteiger charge is -2.31. The summed E-state index contributed by atoms with van der Waals surface area (Å²) in [6, 6.07) is 14.5. The Morgan fingerprint density at radius 2 is 1.71 bits per heavy atom. The van der Waals surface area contributed by atoms with Crippen molar-refractivity contribution in [1.29, 1.82) is 0 Å². The van der Waals surface area contributed by atoms with Crippen LogP contribution in [-0.2, 0) is 14.3 Å². The zero-order chi connectivity index (χ0) is 23.8. The predicted molar refractivity (Wildman–Crippen MR) is 130 cm³/mol. The van der Waals surface area contributed by atoms with Gasteiger partial charge in [-0.15, -0.1) is 11.8 Å². The molecule has 2 aromatic rings. The number of nitrogens with zero attached hydrogens (tertiary/aromatic N) is 1. The van der Waals surface area contributed by atoms with Crippen LogP contribution in [0.2, 0.25) is 0 Å². The van der Waals surface area contributed by atoms with Gasteiger partial charge >= 0.3 is 12.1 Å². The Labute approximate surface area is 202 Å². The molecule has 1 aliphatic heterocycles. The number of hydrogen-bond donors (Lipinski definition) is 2. The van der Waals surface area contributed by atoms with E-state index in [1.54, 1.807) is 6.92 Å². The topological polar surface area (TPSA) is 95.9 Å². The van der Waals surface area contributed by atoms with Crippen LogP contribution in [0.25, 0.3) is 11.1 Å². The first-order chi connectivity index (χ1) is 16.5. The molecule has 0 spiro atoms. The predicted octanol–water partition coefficient (Wildman–Crippen LogP) is 4.07. The van der Waals surface area contributed by atoms with E-state index in [1.165, 1.54) is 16.7 Å². The van der Waals surface area contributed by atoms with Gasteiger partial charge in [-0.3, -0.25) is 4.79 Å². The second-order valence-corrected chi connectivity index (χ2v) is 10.2. The molecule has 2 aliphatic carbocycles. The maximum Gasteiger partial charge on any atom is 0.407 e. The number of fused-ring (bicyclic) bond motifs is 3. The summed E-state index contributed by atoms with van der Waals surface area (Å²) in [5, 5.41) is 12.2. The van der Waals surface area contributed by atoms with E-state index in [9.17, 15) is 19.5 Å². The Morgan fingerprint density at radius 3 is 2.26 bits per heavy atom. The fourth-order valence-corrected chi connectivity index (χ4v) is 6.68. The van der Waals surface area contributed by atoms with Crippen LogP contribution in [0.15, 0.2) is 48.5 Å². The molecular formula is C26H28N2O5S. The zero-order valence-electron chi connectivity index (χ0n) is 19.0. The van der Waals surface area contributed by atoms with E-state index in [0.29, 0.717) is 18.1 Å². The van der Waals surface area contributed by atoms with Crippen LogP contribution in [0, 0.1) is 5.92 Å². The first kappa shape index (κ1) is 22.8. The second kappa shape index (κ2) is 9.33. The number of amides is 2. The molecule has 2 fully saturated rings. The molecule has 3 atom stereocenters. The SMILES string of the molecule is CC[C@H](NC(=O)OCC1c2ccccc2-c2ccccc21)C(=O)N1C(C(=O)O)CSC1C1CC1. The van der Waals surface area contributed by atoms with E-state index in [-0.39, 0.29) is 23.8 Å². The van der Waals surface area contributed by atoms with Crippen molar-refractivity contribution in [2.75, 3.05) is 12.4 Å². The van der Waals surface area contributed by atoms with Gasteiger partial charge in [0.1, 0.15) is 18.7 Å². The Balaban J connectivity index is 1.26. The molecule has 2 aromatic carbocycles. The van der Waals surface area contributed by atoms with Gasteiger partial charge in [0.2, 0.25) is 5.91 Å². The lowest BCUT2D eigenvalue weighted by atomic mass is 9.98. The lowest BCUT2D eigenvalue weighted by molar-refractivity contribution is -0.150. The monoisotopic (exact) mass is 480 g/mol. The van der Waals surface area contributed by atoms with E-state index in [1.807, 2.05) is 24.3 Å². The third-order valence-corrected chi connectivity index (χ3v) is 8.40. The minimum absolute atomic E-state index is 0.0699. The van der Waals surface area contributed by atoms with E-state index in [0.717, 1.165) is 35.1 Å². The molecule has 2 unspecified atom stereocenters. The molecule has 1 heterocycles. The molecule has 5 rings (SSSR count). The minimum atomic E-state index is -1.00. The van der Waals surface area contributed by atoms with Gasteiger partial charge in [-0.05, 0) is 47.4 Å². The van der Waals surface area contributed by atoms with Gasteiger partial charge in [-0.1, -0.05) is 55.5 Å². The average molecular weight is 481 g/mol. The molecule has 178 valence electrons. The molecule has 3 aliphatic rings. The summed E-state index contributed by atoms with van der Waals surface area (Å²) in [6.07, 6.45) is 1.70. The number of benzene rings is 2. The summed E-state index contributed by atoms with van der Waals surface area (Å²) in [5.74, 6) is -0.695. The van der Waals surface area contributed by atoms with E-state index >= 15 is 0 Å². The Morgan fingerprint density at radius 1 is 1.09 bits per heavy atom. The highest BCUT2D eigenvalue weighted by Gasteiger charge is 2.49. The van der Waals surface area contributed by atoms with Crippen molar-refractivity contribution in [3.8, 4) is 11.1 Å². The van der Waals surface area contributed by atoms with Crippen molar-refractivity contribution in [2.45, 2.75) is 49.6 Å². The molecule has 0 bridgehead atoms. The van der Waals surface area contributed by atoms with Crippen molar-refractivity contribution in [2.24, 2.45) is 5.92 Å². The molecule has 34 heavy (non-hydrogen) atoms. The molecular weight excluding hydrogens is 452 g/mol. The quantitative estimate of drug-likeness (QED) is 0.620. The summed E-state index contributed by atoms with van der Waals surface area (Å²) >= 11 is 1.53. The van der Waals surface area contributed by atoms with Crippen LogP contribution < -0.4 is 5.32 Å². The summed E-state index contributed by atoms with van der Waals surface area (Å²) in [5.41, 5.74) is 4.52. The normalized spacial score (nSPS) is 22.1. The van der Waals surface area contributed by atoms with Crippen LogP contribution in [0.1, 0.15) is 43.2 Å².